The molecule has 2 aromatic rings. The molecule has 1 unspecified atom stereocenters. The molecule has 2 aromatic carbocycles. The van der Waals surface area contributed by atoms with Crippen molar-refractivity contribution in [1.82, 2.24) is 0 Å². The Labute approximate surface area is 105 Å². The van der Waals surface area contributed by atoms with Gasteiger partial charge in [0.1, 0.15) is 5.75 Å². The zero-order chi connectivity index (χ0) is 12.4. The molecule has 17 heavy (non-hydrogen) atoms. The van der Waals surface area contributed by atoms with Gasteiger partial charge in [-0.1, -0.05) is 31.2 Å². The van der Waals surface area contributed by atoms with Crippen LogP contribution in [0.25, 0.3) is 10.8 Å². The van der Waals surface area contributed by atoms with E-state index in [-0.39, 0.29) is 11.2 Å². The average Bonchev–Trinajstić information content (AvgIpc) is 2.36. The highest BCUT2D eigenvalue weighted by atomic mass is 35.5. The van der Waals surface area contributed by atoms with Crippen molar-refractivity contribution in [2.45, 2.75) is 12.8 Å². The maximum Gasteiger partial charge on any atom is 0.228 e. The predicted octanol–water partition coefficient (Wildman–Crippen LogP) is 3.72. The average molecular weight is 249 g/mol. The number of fused-ring (bicyclic) bond motifs is 1. The van der Waals surface area contributed by atoms with Crippen molar-refractivity contribution < 1.29 is 9.53 Å². The number of rotatable bonds is 3. The van der Waals surface area contributed by atoms with E-state index in [0.29, 0.717) is 0 Å². The third kappa shape index (κ3) is 2.27. The molecule has 0 N–H and O–H groups in total. The summed E-state index contributed by atoms with van der Waals surface area (Å²) in [5.41, 5.74) is 0.949. The predicted molar refractivity (Wildman–Crippen MR) is 69.8 cm³/mol. The quantitative estimate of drug-likeness (QED) is 0.774. The van der Waals surface area contributed by atoms with Crippen LogP contribution >= 0.6 is 11.6 Å². The van der Waals surface area contributed by atoms with E-state index in [1.807, 2.05) is 43.3 Å². The highest BCUT2D eigenvalue weighted by Gasteiger charge is 2.15. The summed E-state index contributed by atoms with van der Waals surface area (Å²) >= 11 is 5.56. The van der Waals surface area contributed by atoms with Crippen molar-refractivity contribution in [3.8, 4) is 5.75 Å². The summed E-state index contributed by atoms with van der Waals surface area (Å²) in [5, 5.41) is 1.75. The SMILES string of the molecule is COc1ccc2c(C(C)C(=O)Cl)cccc2c1. The van der Waals surface area contributed by atoms with Gasteiger partial charge in [0, 0.05) is 0 Å². The van der Waals surface area contributed by atoms with Gasteiger partial charge in [-0.2, -0.15) is 0 Å². The number of ether oxygens (including phenoxy) is 1. The summed E-state index contributed by atoms with van der Waals surface area (Å²) in [6.45, 7) is 1.81. The van der Waals surface area contributed by atoms with E-state index in [1.165, 1.54) is 0 Å². The highest BCUT2D eigenvalue weighted by Crippen LogP contribution is 2.29. The van der Waals surface area contributed by atoms with Gasteiger partial charge < -0.3 is 4.74 Å². The van der Waals surface area contributed by atoms with Crippen molar-refractivity contribution >= 4 is 27.6 Å². The fourth-order valence-electron chi connectivity index (χ4n) is 1.91. The molecule has 0 amide bonds. The van der Waals surface area contributed by atoms with Crippen LogP contribution in [-0.2, 0) is 4.79 Å². The largest absolute Gasteiger partial charge is 0.497 e. The topological polar surface area (TPSA) is 26.3 Å². The summed E-state index contributed by atoms with van der Waals surface area (Å²) in [7, 11) is 1.63. The second kappa shape index (κ2) is 4.76. The van der Waals surface area contributed by atoms with Crippen LogP contribution < -0.4 is 4.74 Å². The zero-order valence-electron chi connectivity index (χ0n) is 9.74. The van der Waals surface area contributed by atoms with Gasteiger partial charge in [-0.15, -0.1) is 0 Å². The summed E-state index contributed by atoms with van der Waals surface area (Å²) in [6.07, 6.45) is 0. The van der Waals surface area contributed by atoms with Gasteiger partial charge in [-0.25, -0.2) is 0 Å². The standard InChI is InChI=1S/C14H13ClO2/c1-9(14(15)16)12-5-3-4-10-8-11(17-2)6-7-13(10)12/h3-9H,1-2H3. The van der Waals surface area contributed by atoms with Gasteiger partial charge in [0.05, 0.1) is 13.0 Å². The van der Waals surface area contributed by atoms with E-state index in [4.69, 9.17) is 16.3 Å². The second-order valence-corrected chi connectivity index (χ2v) is 4.33. The van der Waals surface area contributed by atoms with Gasteiger partial charge in [-0.3, -0.25) is 4.79 Å². The Balaban J connectivity index is 2.62. The molecular formula is C14H13ClO2. The number of hydrogen-bond donors (Lipinski definition) is 0. The first-order valence-corrected chi connectivity index (χ1v) is 5.77. The normalized spacial score (nSPS) is 12.4. The summed E-state index contributed by atoms with van der Waals surface area (Å²) in [6, 6.07) is 11.6. The lowest BCUT2D eigenvalue weighted by atomic mass is 9.95. The monoisotopic (exact) mass is 248 g/mol. The smallest absolute Gasteiger partial charge is 0.228 e. The molecule has 2 rings (SSSR count). The first-order chi connectivity index (χ1) is 8.13. The Morgan fingerprint density at radius 1 is 1.29 bits per heavy atom. The molecule has 0 heterocycles. The van der Waals surface area contributed by atoms with Crippen LogP contribution in [0.3, 0.4) is 0 Å². The van der Waals surface area contributed by atoms with Crippen molar-refractivity contribution in [2.75, 3.05) is 7.11 Å². The number of halogens is 1. The van der Waals surface area contributed by atoms with Gasteiger partial charge in [0.15, 0.2) is 0 Å². The third-order valence-corrected chi connectivity index (χ3v) is 3.26. The van der Waals surface area contributed by atoms with E-state index in [9.17, 15) is 4.79 Å². The van der Waals surface area contributed by atoms with Crippen molar-refractivity contribution in [3.63, 3.8) is 0 Å². The molecule has 2 nitrogen and oxygen atoms in total. The number of benzene rings is 2. The fourth-order valence-corrected chi connectivity index (χ4v) is 2.03. The summed E-state index contributed by atoms with van der Waals surface area (Å²) in [5.74, 6) is 0.508. The minimum Gasteiger partial charge on any atom is -0.497 e. The molecule has 88 valence electrons. The first kappa shape index (κ1) is 11.9. The molecule has 0 aliphatic heterocycles. The van der Waals surface area contributed by atoms with Crippen LogP contribution in [0, 0.1) is 0 Å². The highest BCUT2D eigenvalue weighted by molar-refractivity contribution is 6.64. The minimum atomic E-state index is -0.340. The lowest BCUT2D eigenvalue weighted by Crippen LogP contribution is -2.02. The van der Waals surface area contributed by atoms with E-state index < -0.39 is 0 Å². The Kier molecular flexibility index (Phi) is 3.34. The molecular weight excluding hydrogens is 236 g/mol. The Bertz CT molecular complexity index is 563. The van der Waals surface area contributed by atoms with Crippen molar-refractivity contribution in [3.05, 3.63) is 42.0 Å². The maximum absolute atomic E-state index is 11.3. The van der Waals surface area contributed by atoms with Crippen molar-refractivity contribution in [2.24, 2.45) is 0 Å². The van der Waals surface area contributed by atoms with Crippen LogP contribution in [-0.4, -0.2) is 12.4 Å². The van der Waals surface area contributed by atoms with E-state index in [2.05, 4.69) is 0 Å². The molecule has 1 atom stereocenters. The Morgan fingerprint density at radius 2 is 2.06 bits per heavy atom. The molecule has 0 fully saturated rings. The third-order valence-electron chi connectivity index (χ3n) is 2.93. The number of methoxy groups -OCH3 is 1. The van der Waals surface area contributed by atoms with Crippen LogP contribution in [0.5, 0.6) is 5.75 Å². The minimum absolute atomic E-state index is 0.297. The Hall–Kier alpha value is -1.54. The van der Waals surface area contributed by atoms with E-state index >= 15 is 0 Å². The van der Waals surface area contributed by atoms with Crippen molar-refractivity contribution in [1.29, 1.82) is 0 Å². The molecule has 0 aromatic heterocycles. The van der Waals surface area contributed by atoms with Crippen LogP contribution in [0.15, 0.2) is 36.4 Å². The summed E-state index contributed by atoms with van der Waals surface area (Å²) < 4.78 is 5.18. The Morgan fingerprint density at radius 3 is 2.71 bits per heavy atom. The fraction of sp³-hybridized carbons (Fsp3) is 0.214. The van der Waals surface area contributed by atoms with E-state index in [1.54, 1.807) is 7.11 Å². The molecule has 0 spiro atoms. The molecule has 0 aliphatic rings. The van der Waals surface area contributed by atoms with Crippen LogP contribution in [0.2, 0.25) is 0 Å². The second-order valence-electron chi connectivity index (χ2n) is 3.96. The van der Waals surface area contributed by atoms with Gasteiger partial charge in [-0.05, 0) is 40.1 Å². The molecule has 3 heteroatoms. The summed E-state index contributed by atoms with van der Waals surface area (Å²) in [4.78, 5) is 11.3. The number of hydrogen-bond acceptors (Lipinski definition) is 2. The molecule has 0 bridgehead atoms. The molecule has 0 saturated carbocycles. The number of carbonyl (C=O) groups excluding carboxylic acids is 1. The van der Waals surface area contributed by atoms with Gasteiger partial charge >= 0.3 is 0 Å². The number of carbonyl (C=O) groups is 1. The first-order valence-electron chi connectivity index (χ1n) is 5.39. The van der Waals surface area contributed by atoms with Crippen LogP contribution in [0.4, 0.5) is 0 Å². The molecule has 0 saturated heterocycles. The maximum atomic E-state index is 11.3. The molecule has 0 radical (unpaired) electrons. The van der Waals surface area contributed by atoms with Crippen LogP contribution in [0.1, 0.15) is 18.4 Å². The lowest BCUT2D eigenvalue weighted by molar-refractivity contribution is -0.112. The zero-order valence-corrected chi connectivity index (χ0v) is 10.5. The van der Waals surface area contributed by atoms with Gasteiger partial charge in [0.25, 0.3) is 0 Å². The molecule has 0 aliphatic carbocycles. The van der Waals surface area contributed by atoms with Gasteiger partial charge in [0.2, 0.25) is 5.24 Å². The lowest BCUT2D eigenvalue weighted by Gasteiger charge is -2.11. The van der Waals surface area contributed by atoms with E-state index in [0.717, 1.165) is 22.1 Å².